The van der Waals surface area contributed by atoms with Crippen LogP contribution in [0.4, 0.5) is 4.39 Å². The van der Waals surface area contributed by atoms with Gasteiger partial charge in [0.2, 0.25) is 5.79 Å². The molecular formula is C32H38BrFN2O5. The quantitative estimate of drug-likeness (QED) is 0.465. The van der Waals surface area contributed by atoms with E-state index in [1.54, 1.807) is 0 Å². The Morgan fingerprint density at radius 2 is 2.00 bits per heavy atom. The number of aromatic nitrogens is 2. The zero-order valence-corrected chi connectivity index (χ0v) is 25.5. The lowest BCUT2D eigenvalue weighted by molar-refractivity contribution is -0.279. The molecule has 2 saturated heterocycles. The summed E-state index contributed by atoms with van der Waals surface area (Å²) in [4.78, 5) is 0. The molecule has 0 bridgehead atoms. The second-order valence-corrected chi connectivity index (χ2v) is 14.7. The molecule has 2 spiro atoms. The van der Waals surface area contributed by atoms with Crippen LogP contribution in [0.5, 0.6) is 0 Å². The third kappa shape index (κ3) is 3.18. The van der Waals surface area contributed by atoms with E-state index in [0.29, 0.717) is 32.4 Å². The first kappa shape index (κ1) is 27.0. The number of allylic oxidation sites excluding steroid dienone is 1. The summed E-state index contributed by atoms with van der Waals surface area (Å²) in [5.74, 6) is -1.23. The molecule has 9 atom stereocenters. The van der Waals surface area contributed by atoms with Crippen LogP contribution in [0.15, 0.2) is 40.5 Å². The van der Waals surface area contributed by atoms with Gasteiger partial charge in [0.15, 0.2) is 13.6 Å². The van der Waals surface area contributed by atoms with Crippen molar-refractivity contribution in [1.29, 1.82) is 0 Å². The van der Waals surface area contributed by atoms with Crippen LogP contribution in [0.2, 0.25) is 0 Å². The Balaban J connectivity index is 1.16. The van der Waals surface area contributed by atoms with Gasteiger partial charge in [-0.15, -0.1) is 0 Å². The van der Waals surface area contributed by atoms with Gasteiger partial charge in [-0.05, 0) is 73.3 Å². The molecule has 8 rings (SSSR count). The Bertz CT molecular complexity index is 1440. The summed E-state index contributed by atoms with van der Waals surface area (Å²) in [5.41, 5.74) is 0.439. The monoisotopic (exact) mass is 628 g/mol. The van der Waals surface area contributed by atoms with Gasteiger partial charge < -0.3 is 24.1 Å². The molecule has 7 nitrogen and oxygen atoms in total. The van der Waals surface area contributed by atoms with Gasteiger partial charge in [-0.3, -0.25) is 4.68 Å². The number of hydrogen-bond acceptors (Lipinski definition) is 6. The van der Waals surface area contributed by atoms with E-state index in [0.717, 1.165) is 39.7 Å². The minimum Gasteiger partial charge on any atom is -0.390 e. The van der Waals surface area contributed by atoms with Gasteiger partial charge in [0, 0.05) is 21.2 Å². The molecule has 220 valence electrons. The van der Waals surface area contributed by atoms with Gasteiger partial charge >= 0.3 is 0 Å². The lowest BCUT2D eigenvalue weighted by Gasteiger charge is -2.64. The highest BCUT2D eigenvalue weighted by Crippen LogP contribution is 2.74. The van der Waals surface area contributed by atoms with Crippen molar-refractivity contribution in [2.24, 2.45) is 28.6 Å². The third-order valence-corrected chi connectivity index (χ3v) is 12.7. The van der Waals surface area contributed by atoms with Crippen LogP contribution in [-0.2, 0) is 31.9 Å². The minimum atomic E-state index is -1.77. The van der Waals surface area contributed by atoms with Crippen LogP contribution in [-0.4, -0.2) is 58.2 Å². The largest absolute Gasteiger partial charge is 0.390 e. The molecule has 1 unspecified atom stereocenters. The lowest BCUT2D eigenvalue weighted by atomic mass is 9.43. The average Bonchev–Trinajstić information content (AvgIpc) is 3.70. The van der Waals surface area contributed by atoms with E-state index in [4.69, 9.17) is 24.0 Å². The number of aliphatic hydroxyl groups excluding tert-OH is 1. The predicted molar refractivity (Wildman–Crippen MR) is 152 cm³/mol. The molecule has 3 saturated carbocycles. The van der Waals surface area contributed by atoms with E-state index in [1.807, 2.05) is 29.9 Å². The Morgan fingerprint density at radius 1 is 1.17 bits per heavy atom. The molecule has 1 aromatic carbocycles. The molecule has 2 aliphatic heterocycles. The van der Waals surface area contributed by atoms with Crippen molar-refractivity contribution in [3.63, 3.8) is 0 Å². The number of aliphatic hydroxyl groups is 1. The van der Waals surface area contributed by atoms with Crippen molar-refractivity contribution in [2.75, 3.05) is 20.2 Å². The zero-order valence-electron chi connectivity index (χ0n) is 23.9. The Labute approximate surface area is 248 Å². The second kappa shape index (κ2) is 8.73. The number of ether oxygens (including phenoxy) is 4. The maximum absolute atomic E-state index is 18.2. The number of halogens is 2. The summed E-state index contributed by atoms with van der Waals surface area (Å²) in [6.45, 7) is 7.62. The molecular weight excluding hydrogens is 591 g/mol. The molecule has 4 aliphatic carbocycles. The number of fused-ring (bicyclic) bond motifs is 8. The number of hydrogen-bond donors (Lipinski definition) is 1. The number of alkyl halides is 1. The minimum absolute atomic E-state index is 0.0210. The molecule has 1 N–H and O–H groups in total. The van der Waals surface area contributed by atoms with Gasteiger partial charge in [-0.2, -0.15) is 5.10 Å². The molecule has 3 heterocycles. The van der Waals surface area contributed by atoms with Crippen molar-refractivity contribution in [1.82, 2.24) is 9.78 Å². The maximum atomic E-state index is 18.2. The Hall–Kier alpha value is -1.62. The van der Waals surface area contributed by atoms with Gasteiger partial charge in [0.25, 0.3) is 0 Å². The van der Waals surface area contributed by atoms with E-state index in [9.17, 15) is 5.11 Å². The van der Waals surface area contributed by atoms with Crippen LogP contribution >= 0.6 is 15.9 Å². The summed E-state index contributed by atoms with van der Waals surface area (Å²) in [5, 5.41) is 16.8. The van der Waals surface area contributed by atoms with Crippen molar-refractivity contribution in [3.05, 3.63) is 57.3 Å². The highest BCUT2D eigenvalue weighted by Gasteiger charge is 2.81. The topological polar surface area (TPSA) is 75.0 Å². The van der Waals surface area contributed by atoms with E-state index in [-0.39, 0.29) is 31.3 Å². The van der Waals surface area contributed by atoms with E-state index < -0.39 is 34.0 Å². The van der Waals surface area contributed by atoms with E-state index >= 15 is 4.39 Å². The highest BCUT2D eigenvalue weighted by atomic mass is 79.9. The summed E-state index contributed by atoms with van der Waals surface area (Å²) in [6, 6.07) is 8.24. The summed E-state index contributed by atoms with van der Waals surface area (Å²) >= 11 is 3.57. The molecule has 41 heavy (non-hydrogen) atoms. The molecule has 1 aromatic heterocycles. The van der Waals surface area contributed by atoms with Gasteiger partial charge in [0.05, 0.1) is 24.5 Å². The van der Waals surface area contributed by atoms with Gasteiger partial charge in [-0.25, -0.2) is 4.39 Å². The molecule has 9 heteroatoms. The van der Waals surface area contributed by atoms with Crippen molar-refractivity contribution in [2.45, 2.75) is 82.6 Å². The Morgan fingerprint density at radius 3 is 2.78 bits per heavy atom. The summed E-state index contributed by atoms with van der Waals surface area (Å²) in [6.07, 6.45) is 6.05. The molecule has 2 aromatic rings. The number of benzene rings is 1. The predicted octanol–water partition coefficient (Wildman–Crippen LogP) is 5.63. The van der Waals surface area contributed by atoms with Gasteiger partial charge in [-0.1, -0.05) is 54.4 Å². The van der Waals surface area contributed by atoms with Crippen LogP contribution in [0.25, 0.3) is 6.08 Å². The molecule has 6 aliphatic rings. The third-order valence-electron chi connectivity index (χ3n) is 12.2. The summed E-state index contributed by atoms with van der Waals surface area (Å²) < 4.78 is 45.7. The first-order valence-corrected chi connectivity index (χ1v) is 15.7. The van der Waals surface area contributed by atoms with Crippen molar-refractivity contribution in [3.8, 4) is 0 Å². The summed E-state index contributed by atoms with van der Waals surface area (Å²) in [7, 11) is 0. The van der Waals surface area contributed by atoms with Crippen LogP contribution in [0, 0.1) is 28.6 Å². The second-order valence-electron chi connectivity index (χ2n) is 13.8. The fraction of sp³-hybridized carbons (Fsp3) is 0.656. The Kier molecular flexibility index (Phi) is 5.74. The molecule has 5 fully saturated rings. The molecule has 0 radical (unpaired) electrons. The van der Waals surface area contributed by atoms with Gasteiger partial charge in [0.1, 0.15) is 17.9 Å². The molecule has 0 amide bonds. The average molecular weight is 630 g/mol. The smallest absolute Gasteiger partial charge is 0.227 e. The van der Waals surface area contributed by atoms with Crippen LogP contribution < -0.4 is 0 Å². The van der Waals surface area contributed by atoms with Crippen LogP contribution in [0.3, 0.4) is 0 Å². The normalized spacial score (nSPS) is 46.3. The zero-order chi connectivity index (χ0) is 28.4. The SMILES string of the molecule is C[C@@H]1C[C@H]2[C@@H]3CCC4=Cc5c(cnn5Cc5cccc(Br)c5)C[C@]4(C)[C@@]3(F)[C@@H](O)C[C@]2(C)[C@]12OCOC21COCO1. The van der Waals surface area contributed by atoms with Crippen molar-refractivity contribution < 1.29 is 28.4 Å². The number of nitrogens with zero attached hydrogens (tertiary/aromatic N) is 2. The fourth-order valence-corrected chi connectivity index (χ4v) is 11.0. The van der Waals surface area contributed by atoms with Crippen molar-refractivity contribution >= 4 is 22.0 Å². The first-order chi connectivity index (χ1) is 19.6. The standard InChI is InChI=1S/C32H38BrFN2O5/c1-19-9-25-24-8-7-22-11-26-21(14-35-36(26)15-20-5-4-6-23(33)10-20)12-28(22,2)31(24,34)27(37)13-29(25,3)32(19)30(40-18-41-32)16-38-17-39-30/h4-6,10-11,14,19,24-25,27,37H,7-9,12-13,15-18H2,1-3H3/t19-,24+,25+,27+,28+,29+,30?,31+,32-/m1/s1. The van der Waals surface area contributed by atoms with E-state index in [2.05, 4.69) is 48.0 Å². The fourth-order valence-electron chi connectivity index (χ4n) is 10.6. The maximum Gasteiger partial charge on any atom is 0.227 e. The highest BCUT2D eigenvalue weighted by molar-refractivity contribution is 9.10. The first-order valence-electron chi connectivity index (χ1n) is 14.9. The number of rotatable bonds is 2. The van der Waals surface area contributed by atoms with E-state index in [1.165, 1.54) is 0 Å². The van der Waals surface area contributed by atoms with Crippen LogP contribution in [0.1, 0.15) is 63.3 Å². The lowest BCUT2D eigenvalue weighted by Crippen LogP contribution is -2.72.